The summed E-state index contributed by atoms with van der Waals surface area (Å²) in [6.45, 7) is 1.32. The molecular formula is C25H28IN5O2S. The second-order valence-electron chi connectivity index (χ2n) is 8.30. The molecule has 4 rings (SSSR count). The van der Waals surface area contributed by atoms with Gasteiger partial charge in [-0.25, -0.2) is 4.79 Å². The lowest BCUT2D eigenvalue weighted by molar-refractivity contribution is -0.134. The van der Waals surface area contributed by atoms with E-state index < -0.39 is 12.1 Å². The largest absolute Gasteiger partial charge is 0.341 e. The van der Waals surface area contributed by atoms with Crippen LogP contribution in [0.2, 0.25) is 0 Å². The fourth-order valence-corrected chi connectivity index (χ4v) is 5.65. The Morgan fingerprint density at radius 3 is 2.38 bits per heavy atom. The summed E-state index contributed by atoms with van der Waals surface area (Å²) in [7, 11) is 3.82. The second kappa shape index (κ2) is 11.2. The number of hydrogen-bond acceptors (Lipinski definition) is 4. The van der Waals surface area contributed by atoms with E-state index in [2.05, 4.69) is 49.0 Å². The molecule has 1 aliphatic heterocycles. The molecule has 0 bridgehead atoms. The molecule has 9 heteroatoms. The van der Waals surface area contributed by atoms with Crippen LogP contribution in [0, 0.1) is 3.57 Å². The van der Waals surface area contributed by atoms with Crippen molar-refractivity contribution in [3.05, 3.63) is 79.6 Å². The van der Waals surface area contributed by atoms with Gasteiger partial charge in [0.15, 0.2) is 4.80 Å². The number of halogens is 1. The van der Waals surface area contributed by atoms with Crippen molar-refractivity contribution in [2.24, 2.45) is 12.0 Å². The molecule has 2 heterocycles. The highest BCUT2D eigenvalue weighted by atomic mass is 127. The van der Waals surface area contributed by atoms with Gasteiger partial charge >= 0.3 is 6.03 Å². The molecule has 1 fully saturated rings. The summed E-state index contributed by atoms with van der Waals surface area (Å²) < 4.78 is 3.14. The average Bonchev–Trinajstić information content (AvgIpc) is 3.25. The van der Waals surface area contributed by atoms with Gasteiger partial charge < -0.3 is 20.1 Å². The van der Waals surface area contributed by atoms with Gasteiger partial charge in [-0.3, -0.25) is 9.79 Å². The Kier molecular flexibility index (Phi) is 8.04. The normalized spacial score (nSPS) is 15.7. The third-order valence-electron chi connectivity index (χ3n) is 5.99. The van der Waals surface area contributed by atoms with Gasteiger partial charge in [-0.05, 0) is 71.2 Å². The summed E-state index contributed by atoms with van der Waals surface area (Å²) in [5.41, 5.74) is 1.45. The van der Waals surface area contributed by atoms with Gasteiger partial charge in [0.05, 0.1) is 0 Å². The first-order valence-electron chi connectivity index (χ1n) is 11.2. The van der Waals surface area contributed by atoms with Crippen LogP contribution in [0.5, 0.6) is 0 Å². The fourth-order valence-electron chi connectivity index (χ4n) is 4.17. The topological polar surface area (TPSA) is 78.7 Å². The molecular weight excluding hydrogens is 561 g/mol. The number of likely N-dealkylation sites (tertiary alicyclic amines) is 1. The van der Waals surface area contributed by atoms with Crippen LogP contribution in [-0.4, -0.2) is 41.5 Å². The predicted molar refractivity (Wildman–Crippen MR) is 144 cm³/mol. The zero-order chi connectivity index (χ0) is 24.1. The van der Waals surface area contributed by atoms with E-state index in [1.807, 2.05) is 73.6 Å². The highest BCUT2D eigenvalue weighted by Crippen LogP contribution is 2.31. The minimum Gasteiger partial charge on any atom is -0.341 e. The number of carbonyl (C=O) groups excluding carboxylic acids is 2. The number of nitrogens with zero attached hydrogens (tertiary/aromatic N) is 3. The number of aromatic nitrogens is 1. The molecule has 3 aromatic rings. The number of benzene rings is 2. The number of piperidine rings is 1. The van der Waals surface area contributed by atoms with Crippen molar-refractivity contribution < 1.29 is 9.59 Å². The van der Waals surface area contributed by atoms with Crippen LogP contribution in [0.15, 0.2) is 65.8 Å². The van der Waals surface area contributed by atoms with Crippen molar-refractivity contribution in [1.29, 1.82) is 0 Å². The molecule has 3 amide bonds. The number of thiazole rings is 1. The van der Waals surface area contributed by atoms with Crippen LogP contribution >= 0.6 is 33.9 Å². The maximum atomic E-state index is 13.5. The Labute approximate surface area is 217 Å². The summed E-state index contributed by atoms with van der Waals surface area (Å²) in [6, 6.07) is 15.8. The average molecular weight is 590 g/mol. The van der Waals surface area contributed by atoms with Crippen molar-refractivity contribution in [2.75, 3.05) is 25.5 Å². The maximum absolute atomic E-state index is 13.5. The standard InChI is InChI=1S/C25H28IN5O2S/c1-27-25-30(2)16-21(34-25)17-12-14-31(15-13-17)23(32)22(18-6-4-3-5-7-18)29-24(33)28-20-10-8-19(26)9-11-20/h3-11,16-17,22H,12-15H2,1-2H3,(H2,28,29,33)/b27-25-/t22-/m1/s1. The van der Waals surface area contributed by atoms with Crippen LogP contribution in [0.1, 0.15) is 35.2 Å². The van der Waals surface area contributed by atoms with Gasteiger partial charge in [-0.2, -0.15) is 0 Å². The highest BCUT2D eigenvalue weighted by molar-refractivity contribution is 14.1. The van der Waals surface area contributed by atoms with E-state index in [-0.39, 0.29) is 5.91 Å². The molecule has 7 nitrogen and oxygen atoms in total. The van der Waals surface area contributed by atoms with Crippen LogP contribution in [0.3, 0.4) is 0 Å². The fraction of sp³-hybridized carbons (Fsp3) is 0.320. The third-order valence-corrected chi connectivity index (χ3v) is 8.04. The lowest BCUT2D eigenvalue weighted by Crippen LogP contribution is -2.46. The van der Waals surface area contributed by atoms with E-state index in [4.69, 9.17) is 0 Å². The van der Waals surface area contributed by atoms with Gasteiger partial charge in [-0.15, -0.1) is 11.3 Å². The lowest BCUT2D eigenvalue weighted by Gasteiger charge is -2.34. The van der Waals surface area contributed by atoms with Crippen LogP contribution in [0.4, 0.5) is 10.5 Å². The molecule has 1 aliphatic rings. The van der Waals surface area contributed by atoms with Crippen LogP contribution in [0.25, 0.3) is 0 Å². The smallest absolute Gasteiger partial charge is 0.320 e. The van der Waals surface area contributed by atoms with Gasteiger partial charge in [0.1, 0.15) is 6.04 Å². The Bertz CT molecular complexity index is 1200. The van der Waals surface area contributed by atoms with E-state index in [9.17, 15) is 9.59 Å². The monoisotopic (exact) mass is 589 g/mol. The van der Waals surface area contributed by atoms with E-state index in [0.29, 0.717) is 24.7 Å². The Morgan fingerprint density at radius 1 is 1.09 bits per heavy atom. The molecule has 0 saturated carbocycles. The van der Waals surface area contributed by atoms with Crippen molar-refractivity contribution in [3.63, 3.8) is 0 Å². The number of aryl methyl sites for hydroxylation is 1. The molecule has 1 saturated heterocycles. The predicted octanol–water partition coefficient (Wildman–Crippen LogP) is 4.49. The molecule has 1 atom stereocenters. The van der Waals surface area contributed by atoms with E-state index in [1.54, 1.807) is 11.3 Å². The Hall–Kier alpha value is -2.66. The summed E-state index contributed by atoms with van der Waals surface area (Å²) in [4.78, 5) is 34.8. The molecule has 34 heavy (non-hydrogen) atoms. The van der Waals surface area contributed by atoms with Crippen LogP contribution in [-0.2, 0) is 11.8 Å². The first-order chi connectivity index (χ1) is 16.4. The van der Waals surface area contributed by atoms with E-state index in [0.717, 1.165) is 26.8 Å². The molecule has 0 unspecified atom stereocenters. The van der Waals surface area contributed by atoms with Gasteiger partial charge in [0.2, 0.25) is 5.91 Å². The quantitative estimate of drug-likeness (QED) is 0.431. The summed E-state index contributed by atoms with van der Waals surface area (Å²) in [5, 5.41) is 5.73. The molecule has 2 N–H and O–H groups in total. The van der Waals surface area contributed by atoms with E-state index >= 15 is 0 Å². The Morgan fingerprint density at radius 2 is 1.76 bits per heavy atom. The summed E-state index contributed by atoms with van der Waals surface area (Å²) in [5.74, 6) is 0.339. The molecule has 178 valence electrons. The summed E-state index contributed by atoms with van der Waals surface area (Å²) >= 11 is 3.93. The lowest BCUT2D eigenvalue weighted by atomic mass is 9.94. The van der Waals surface area contributed by atoms with Gasteiger partial charge in [0, 0.05) is 47.5 Å². The summed E-state index contributed by atoms with van der Waals surface area (Å²) in [6.07, 6.45) is 3.94. The van der Waals surface area contributed by atoms with Crippen molar-refractivity contribution in [3.8, 4) is 0 Å². The zero-order valence-electron chi connectivity index (χ0n) is 19.2. The molecule has 0 aliphatic carbocycles. The Balaban J connectivity index is 1.44. The maximum Gasteiger partial charge on any atom is 0.320 e. The number of urea groups is 1. The number of anilines is 1. The van der Waals surface area contributed by atoms with Crippen molar-refractivity contribution in [1.82, 2.24) is 14.8 Å². The van der Waals surface area contributed by atoms with Gasteiger partial charge in [-0.1, -0.05) is 30.3 Å². The first kappa shape index (κ1) is 24.5. The molecule has 0 radical (unpaired) electrons. The number of rotatable bonds is 5. The molecule has 2 aromatic carbocycles. The van der Waals surface area contributed by atoms with Gasteiger partial charge in [0.25, 0.3) is 0 Å². The number of nitrogens with one attached hydrogen (secondary N) is 2. The minimum atomic E-state index is -0.744. The number of carbonyl (C=O) groups is 2. The van der Waals surface area contributed by atoms with E-state index in [1.165, 1.54) is 4.88 Å². The zero-order valence-corrected chi connectivity index (χ0v) is 22.2. The third kappa shape index (κ3) is 5.87. The number of amides is 3. The van der Waals surface area contributed by atoms with Crippen LogP contribution < -0.4 is 15.4 Å². The highest BCUT2D eigenvalue weighted by Gasteiger charge is 2.31. The van der Waals surface area contributed by atoms with Crippen molar-refractivity contribution in [2.45, 2.75) is 24.8 Å². The minimum absolute atomic E-state index is 0.0802. The second-order valence-corrected chi connectivity index (χ2v) is 10.6. The SMILES string of the molecule is C/N=c1\sc(C2CCN(C(=O)[C@H](NC(=O)Nc3ccc(I)cc3)c3ccccc3)CC2)cn1C. The molecule has 1 aromatic heterocycles. The number of hydrogen-bond donors (Lipinski definition) is 2. The first-order valence-corrected chi connectivity index (χ1v) is 13.1. The molecule has 0 spiro atoms. The van der Waals surface area contributed by atoms with Crippen molar-refractivity contribution >= 4 is 51.6 Å².